The van der Waals surface area contributed by atoms with Gasteiger partial charge in [0.1, 0.15) is 4.90 Å². The fourth-order valence-electron chi connectivity index (χ4n) is 1.57. The van der Waals surface area contributed by atoms with Crippen LogP contribution < -0.4 is 10.5 Å². The van der Waals surface area contributed by atoms with E-state index in [1.54, 1.807) is 18.2 Å². The lowest BCUT2D eigenvalue weighted by Gasteiger charge is -2.12. The molecule has 20 heavy (non-hydrogen) atoms. The number of nitrogens with one attached hydrogen (secondary N) is 1. The van der Waals surface area contributed by atoms with Crippen LogP contribution in [0.15, 0.2) is 45.8 Å². The molecule has 0 bridgehead atoms. The summed E-state index contributed by atoms with van der Waals surface area (Å²) >= 11 is 15.0. The molecule has 2 aromatic rings. The van der Waals surface area contributed by atoms with Crippen molar-refractivity contribution in [2.24, 2.45) is 0 Å². The molecule has 2 aromatic carbocycles. The minimum absolute atomic E-state index is 0.0562. The van der Waals surface area contributed by atoms with Crippen molar-refractivity contribution in [3.8, 4) is 0 Å². The average molecular weight is 396 g/mol. The van der Waals surface area contributed by atoms with Gasteiger partial charge in [0.05, 0.1) is 21.4 Å². The molecule has 8 heteroatoms. The van der Waals surface area contributed by atoms with E-state index in [1.807, 2.05) is 0 Å². The molecule has 0 saturated heterocycles. The summed E-state index contributed by atoms with van der Waals surface area (Å²) in [6.07, 6.45) is 0. The maximum atomic E-state index is 12.3. The van der Waals surface area contributed by atoms with Gasteiger partial charge in [0.2, 0.25) is 0 Å². The van der Waals surface area contributed by atoms with Crippen molar-refractivity contribution in [1.82, 2.24) is 0 Å². The third-order valence-corrected chi connectivity index (χ3v) is 5.59. The van der Waals surface area contributed by atoms with Crippen molar-refractivity contribution in [1.29, 1.82) is 0 Å². The van der Waals surface area contributed by atoms with Gasteiger partial charge in [-0.05, 0) is 46.3 Å². The highest BCUT2D eigenvalue weighted by atomic mass is 79.9. The second-order valence-corrected chi connectivity index (χ2v) is 7.18. The second kappa shape index (κ2) is 5.81. The molecule has 0 aromatic heterocycles. The molecule has 4 nitrogen and oxygen atoms in total. The first-order chi connectivity index (χ1) is 9.31. The van der Waals surface area contributed by atoms with Crippen molar-refractivity contribution in [2.45, 2.75) is 4.90 Å². The van der Waals surface area contributed by atoms with E-state index < -0.39 is 10.0 Å². The molecule has 0 saturated carbocycles. The van der Waals surface area contributed by atoms with Crippen molar-refractivity contribution < 1.29 is 8.42 Å². The van der Waals surface area contributed by atoms with Gasteiger partial charge in [0, 0.05) is 4.47 Å². The van der Waals surface area contributed by atoms with Crippen LogP contribution in [0, 0.1) is 0 Å². The zero-order chi connectivity index (χ0) is 14.9. The summed E-state index contributed by atoms with van der Waals surface area (Å²) in [5.74, 6) is 0. The van der Waals surface area contributed by atoms with Crippen LogP contribution >= 0.6 is 39.1 Å². The molecule has 2 rings (SSSR count). The standard InChI is InChI=1S/C12H9BrCl2N2O2S/c13-8-5-4-7(6-10(8)15)17-20(18,19)12-9(14)2-1-3-11(12)16/h1-6,17H,16H2. The highest BCUT2D eigenvalue weighted by Crippen LogP contribution is 2.31. The Morgan fingerprint density at radius 1 is 1.10 bits per heavy atom. The second-order valence-electron chi connectivity index (χ2n) is 3.89. The Morgan fingerprint density at radius 2 is 1.80 bits per heavy atom. The molecule has 0 fully saturated rings. The van der Waals surface area contributed by atoms with E-state index in [0.717, 1.165) is 0 Å². The number of nitrogens with two attached hydrogens (primary N) is 1. The van der Waals surface area contributed by atoms with E-state index in [9.17, 15) is 8.42 Å². The van der Waals surface area contributed by atoms with E-state index in [-0.39, 0.29) is 15.6 Å². The number of sulfonamides is 1. The Kier molecular flexibility index (Phi) is 4.49. The molecule has 0 unspecified atom stereocenters. The molecule has 0 atom stereocenters. The van der Waals surface area contributed by atoms with Crippen LogP contribution in [0.2, 0.25) is 10.0 Å². The zero-order valence-electron chi connectivity index (χ0n) is 9.90. The van der Waals surface area contributed by atoms with Crippen LogP contribution in [0.5, 0.6) is 0 Å². The van der Waals surface area contributed by atoms with Crippen LogP contribution in [0.4, 0.5) is 11.4 Å². The lowest BCUT2D eigenvalue weighted by molar-refractivity contribution is 0.601. The summed E-state index contributed by atoms with van der Waals surface area (Å²) in [5, 5.41) is 0.443. The monoisotopic (exact) mass is 394 g/mol. The first kappa shape index (κ1) is 15.4. The fourth-order valence-corrected chi connectivity index (χ4v) is 3.73. The van der Waals surface area contributed by atoms with Gasteiger partial charge in [-0.2, -0.15) is 0 Å². The number of nitrogen functional groups attached to an aromatic ring is 1. The van der Waals surface area contributed by atoms with Crippen molar-refractivity contribution in [3.05, 3.63) is 50.9 Å². The lowest BCUT2D eigenvalue weighted by Crippen LogP contribution is -2.15. The number of hydrogen-bond donors (Lipinski definition) is 2. The van der Waals surface area contributed by atoms with Gasteiger partial charge in [-0.25, -0.2) is 8.42 Å². The van der Waals surface area contributed by atoms with E-state index in [1.165, 1.54) is 18.2 Å². The van der Waals surface area contributed by atoms with Gasteiger partial charge in [0.25, 0.3) is 10.0 Å². The van der Waals surface area contributed by atoms with Crippen LogP contribution in [-0.4, -0.2) is 8.42 Å². The largest absolute Gasteiger partial charge is 0.398 e. The normalized spacial score (nSPS) is 11.3. The molecule has 0 heterocycles. The minimum atomic E-state index is -3.89. The molecule has 106 valence electrons. The molecule has 0 aliphatic rings. The van der Waals surface area contributed by atoms with Gasteiger partial charge in [-0.1, -0.05) is 29.3 Å². The number of benzene rings is 2. The summed E-state index contributed by atoms with van der Waals surface area (Å²) in [6, 6.07) is 9.19. The smallest absolute Gasteiger partial charge is 0.265 e. The zero-order valence-corrected chi connectivity index (χ0v) is 13.8. The molecular weight excluding hydrogens is 387 g/mol. The Labute approximate surface area is 135 Å². The minimum Gasteiger partial charge on any atom is -0.398 e. The maximum Gasteiger partial charge on any atom is 0.265 e. The van der Waals surface area contributed by atoms with Crippen molar-refractivity contribution in [3.63, 3.8) is 0 Å². The number of halogens is 3. The molecule has 0 amide bonds. The molecule has 0 aliphatic heterocycles. The van der Waals surface area contributed by atoms with Gasteiger partial charge in [-0.3, -0.25) is 4.72 Å². The maximum absolute atomic E-state index is 12.3. The number of hydrogen-bond acceptors (Lipinski definition) is 3. The predicted octanol–water partition coefficient (Wildman–Crippen LogP) is 4.14. The number of rotatable bonds is 3. The number of anilines is 2. The Morgan fingerprint density at radius 3 is 2.40 bits per heavy atom. The highest BCUT2D eigenvalue weighted by molar-refractivity contribution is 9.10. The van der Waals surface area contributed by atoms with E-state index in [2.05, 4.69) is 20.7 Å². The van der Waals surface area contributed by atoms with Gasteiger partial charge in [0.15, 0.2) is 0 Å². The molecular formula is C12H9BrCl2N2O2S. The first-order valence-electron chi connectivity index (χ1n) is 5.33. The predicted molar refractivity (Wildman–Crippen MR) is 85.8 cm³/mol. The van der Waals surface area contributed by atoms with Crippen LogP contribution in [0.3, 0.4) is 0 Å². The molecule has 0 aliphatic carbocycles. The summed E-state index contributed by atoms with van der Waals surface area (Å²) in [6.45, 7) is 0. The van der Waals surface area contributed by atoms with E-state index in [4.69, 9.17) is 28.9 Å². The third-order valence-electron chi connectivity index (χ3n) is 2.44. The fraction of sp³-hybridized carbons (Fsp3) is 0. The van der Waals surface area contributed by atoms with Crippen LogP contribution in [0.1, 0.15) is 0 Å². The van der Waals surface area contributed by atoms with E-state index >= 15 is 0 Å². The van der Waals surface area contributed by atoms with Gasteiger partial charge < -0.3 is 5.73 Å². The van der Waals surface area contributed by atoms with Gasteiger partial charge in [-0.15, -0.1) is 0 Å². The molecule has 0 spiro atoms. The Balaban J connectivity index is 2.43. The molecule has 0 radical (unpaired) electrons. The topological polar surface area (TPSA) is 72.2 Å². The SMILES string of the molecule is Nc1cccc(Cl)c1S(=O)(=O)Nc1ccc(Br)c(Cl)c1. The summed E-state index contributed by atoms with van der Waals surface area (Å²) in [4.78, 5) is -0.152. The van der Waals surface area contributed by atoms with Crippen LogP contribution in [-0.2, 0) is 10.0 Å². The third kappa shape index (κ3) is 3.20. The lowest BCUT2D eigenvalue weighted by atomic mass is 10.3. The van der Waals surface area contributed by atoms with E-state index in [0.29, 0.717) is 15.2 Å². The Bertz CT molecular complexity index is 746. The highest BCUT2D eigenvalue weighted by Gasteiger charge is 2.21. The summed E-state index contributed by atoms with van der Waals surface area (Å²) in [5.41, 5.74) is 6.07. The van der Waals surface area contributed by atoms with Crippen LogP contribution in [0.25, 0.3) is 0 Å². The summed E-state index contributed by atoms with van der Waals surface area (Å²) < 4.78 is 27.7. The molecule has 3 N–H and O–H groups in total. The Hall–Kier alpha value is -0.950. The quantitative estimate of drug-likeness (QED) is 0.767. The summed E-state index contributed by atoms with van der Waals surface area (Å²) in [7, 11) is -3.89. The first-order valence-corrected chi connectivity index (χ1v) is 8.36. The van der Waals surface area contributed by atoms with Crippen molar-refractivity contribution in [2.75, 3.05) is 10.5 Å². The van der Waals surface area contributed by atoms with Crippen molar-refractivity contribution >= 4 is 60.5 Å². The van der Waals surface area contributed by atoms with Gasteiger partial charge >= 0.3 is 0 Å². The average Bonchev–Trinajstić information content (AvgIpc) is 2.33.